The molecule has 2 aliphatic rings. The fraction of sp³-hybridized carbons (Fsp3) is 0.700. The fourth-order valence-corrected chi connectivity index (χ4v) is 4.89. The Balaban J connectivity index is 1.54. The summed E-state index contributed by atoms with van der Waals surface area (Å²) < 4.78 is 39.9. The third-order valence-electron chi connectivity index (χ3n) is 5.29. The molecule has 3 rings (SSSR count). The zero-order chi connectivity index (χ0) is 20.7. The average molecular weight is 429 g/mol. The number of hydrogen-bond acceptors (Lipinski definition) is 8. The standard InChI is InChI=1S/C20H32N2O6S/c1-26-19-4-3-17(14-22-7-11-29(24,25)12-8-22)13-20(19)28-16-18(23)15-21-5-2-9-27-10-6-21/h3-4,13,18,23H,2,5-12,14-16H2,1H3. The highest BCUT2D eigenvalue weighted by Crippen LogP contribution is 2.29. The van der Waals surface area contributed by atoms with Crippen molar-refractivity contribution in [1.82, 2.24) is 9.80 Å². The minimum Gasteiger partial charge on any atom is -0.493 e. The number of benzene rings is 1. The zero-order valence-electron chi connectivity index (χ0n) is 17.1. The SMILES string of the molecule is COc1ccc(CN2CCS(=O)(=O)CC2)cc1OCC(O)CN1CCCOCC1. The molecule has 1 atom stereocenters. The largest absolute Gasteiger partial charge is 0.493 e. The van der Waals surface area contributed by atoms with E-state index >= 15 is 0 Å². The minimum absolute atomic E-state index is 0.180. The van der Waals surface area contributed by atoms with E-state index in [9.17, 15) is 13.5 Å². The molecule has 8 nitrogen and oxygen atoms in total. The predicted molar refractivity (Wildman–Crippen MR) is 110 cm³/mol. The van der Waals surface area contributed by atoms with E-state index < -0.39 is 15.9 Å². The Labute approximate surface area is 173 Å². The first-order chi connectivity index (χ1) is 13.9. The molecule has 0 radical (unpaired) electrons. The third kappa shape index (κ3) is 7.11. The number of sulfone groups is 1. The predicted octanol–water partition coefficient (Wildman–Crippen LogP) is 0.388. The molecular formula is C20H32N2O6S. The Kier molecular flexibility index (Phi) is 8.14. The molecule has 9 heteroatoms. The van der Waals surface area contributed by atoms with Gasteiger partial charge < -0.3 is 19.3 Å². The lowest BCUT2D eigenvalue weighted by Gasteiger charge is -2.27. The van der Waals surface area contributed by atoms with E-state index in [2.05, 4.69) is 9.80 Å². The van der Waals surface area contributed by atoms with Gasteiger partial charge >= 0.3 is 0 Å². The van der Waals surface area contributed by atoms with Crippen molar-refractivity contribution in [1.29, 1.82) is 0 Å². The molecule has 29 heavy (non-hydrogen) atoms. The smallest absolute Gasteiger partial charge is 0.161 e. The summed E-state index contributed by atoms with van der Waals surface area (Å²) in [4.78, 5) is 4.32. The molecule has 1 aromatic carbocycles. The maximum Gasteiger partial charge on any atom is 0.161 e. The molecule has 164 valence electrons. The lowest BCUT2D eigenvalue weighted by molar-refractivity contribution is 0.0649. The lowest BCUT2D eigenvalue weighted by Crippen LogP contribution is -2.39. The second-order valence-electron chi connectivity index (χ2n) is 7.64. The first-order valence-electron chi connectivity index (χ1n) is 10.2. The second kappa shape index (κ2) is 10.6. The number of rotatable bonds is 8. The van der Waals surface area contributed by atoms with Crippen molar-refractivity contribution in [2.24, 2.45) is 0 Å². The van der Waals surface area contributed by atoms with Crippen LogP contribution in [0.25, 0.3) is 0 Å². The minimum atomic E-state index is -2.89. The van der Waals surface area contributed by atoms with Crippen LogP contribution < -0.4 is 9.47 Å². The van der Waals surface area contributed by atoms with E-state index in [4.69, 9.17) is 14.2 Å². The number of hydrogen-bond donors (Lipinski definition) is 1. The van der Waals surface area contributed by atoms with Gasteiger partial charge in [0, 0.05) is 45.9 Å². The van der Waals surface area contributed by atoms with Crippen LogP contribution in [0.4, 0.5) is 0 Å². The second-order valence-corrected chi connectivity index (χ2v) is 9.95. The Morgan fingerprint density at radius 1 is 1.10 bits per heavy atom. The van der Waals surface area contributed by atoms with Gasteiger partial charge in [0.1, 0.15) is 12.7 Å². The van der Waals surface area contributed by atoms with Crippen LogP contribution in [0.3, 0.4) is 0 Å². The topological polar surface area (TPSA) is 88.5 Å². The van der Waals surface area contributed by atoms with Crippen LogP contribution >= 0.6 is 0 Å². The van der Waals surface area contributed by atoms with Crippen molar-refractivity contribution in [2.75, 3.05) is 71.2 Å². The van der Waals surface area contributed by atoms with Gasteiger partial charge in [-0.1, -0.05) is 6.07 Å². The van der Waals surface area contributed by atoms with Crippen molar-refractivity contribution in [3.8, 4) is 11.5 Å². The normalized spacial score (nSPS) is 22.0. The fourth-order valence-electron chi connectivity index (χ4n) is 3.62. The van der Waals surface area contributed by atoms with E-state index in [1.807, 2.05) is 18.2 Å². The summed E-state index contributed by atoms with van der Waals surface area (Å²) in [6.07, 6.45) is 0.370. The summed E-state index contributed by atoms with van der Waals surface area (Å²) in [6, 6.07) is 5.72. The number of nitrogens with zero attached hydrogens (tertiary/aromatic N) is 2. The van der Waals surface area contributed by atoms with Gasteiger partial charge in [0.2, 0.25) is 0 Å². The van der Waals surface area contributed by atoms with E-state index in [-0.39, 0.29) is 18.1 Å². The van der Waals surface area contributed by atoms with E-state index in [1.165, 1.54) is 0 Å². The Hall–Kier alpha value is -1.39. The summed E-state index contributed by atoms with van der Waals surface area (Å²) in [5.74, 6) is 1.62. The summed E-state index contributed by atoms with van der Waals surface area (Å²) in [5.41, 5.74) is 1.03. The first kappa shape index (κ1) is 22.3. The van der Waals surface area contributed by atoms with Gasteiger partial charge in [-0.15, -0.1) is 0 Å². The Bertz CT molecular complexity index is 735. The van der Waals surface area contributed by atoms with Crippen LogP contribution in [0, 0.1) is 0 Å². The molecule has 0 amide bonds. The van der Waals surface area contributed by atoms with Crippen molar-refractivity contribution < 1.29 is 27.7 Å². The van der Waals surface area contributed by atoms with Gasteiger partial charge in [0.05, 0.1) is 25.2 Å². The molecule has 0 spiro atoms. The van der Waals surface area contributed by atoms with Gasteiger partial charge in [-0.25, -0.2) is 8.42 Å². The highest BCUT2D eigenvalue weighted by Gasteiger charge is 2.22. The van der Waals surface area contributed by atoms with Crippen LogP contribution in [0.1, 0.15) is 12.0 Å². The molecule has 1 N–H and O–H groups in total. The third-order valence-corrected chi connectivity index (χ3v) is 6.90. The maximum atomic E-state index is 11.6. The summed E-state index contributed by atoms with van der Waals surface area (Å²) >= 11 is 0. The highest BCUT2D eigenvalue weighted by atomic mass is 32.2. The van der Waals surface area contributed by atoms with Gasteiger partial charge in [-0.05, 0) is 24.1 Å². The molecule has 0 aromatic heterocycles. The van der Waals surface area contributed by atoms with Gasteiger partial charge in [-0.2, -0.15) is 0 Å². The lowest BCUT2D eigenvalue weighted by atomic mass is 10.2. The summed E-state index contributed by atoms with van der Waals surface area (Å²) in [6.45, 7) is 5.69. The molecular weight excluding hydrogens is 396 g/mol. The molecule has 0 aliphatic carbocycles. The summed E-state index contributed by atoms with van der Waals surface area (Å²) in [5, 5.41) is 10.4. The Morgan fingerprint density at radius 2 is 1.90 bits per heavy atom. The van der Waals surface area contributed by atoms with E-state index in [0.29, 0.717) is 44.3 Å². The summed E-state index contributed by atoms with van der Waals surface area (Å²) in [7, 11) is -1.30. The number of β-amino-alcohol motifs (C(OH)–C–C–N with tert-alkyl or cyclic N) is 1. The average Bonchev–Trinajstić information content (AvgIpc) is 2.97. The molecule has 2 fully saturated rings. The number of methoxy groups -OCH3 is 1. The monoisotopic (exact) mass is 428 g/mol. The highest BCUT2D eigenvalue weighted by molar-refractivity contribution is 7.91. The zero-order valence-corrected chi connectivity index (χ0v) is 17.9. The van der Waals surface area contributed by atoms with Crippen molar-refractivity contribution >= 4 is 9.84 Å². The van der Waals surface area contributed by atoms with E-state index in [1.54, 1.807) is 7.11 Å². The van der Waals surface area contributed by atoms with Crippen molar-refractivity contribution in [3.63, 3.8) is 0 Å². The number of aliphatic hydroxyl groups excluding tert-OH is 1. The number of aliphatic hydroxyl groups is 1. The van der Waals surface area contributed by atoms with Gasteiger partial charge in [-0.3, -0.25) is 9.80 Å². The maximum absolute atomic E-state index is 11.6. The van der Waals surface area contributed by atoms with Crippen molar-refractivity contribution in [3.05, 3.63) is 23.8 Å². The van der Waals surface area contributed by atoms with Gasteiger partial charge in [0.15, 0.2) is 21.3 Å². The molecule has 0 saturated carbocycles. The van der Waals surface area contributed by atoms with Gasteiger partial charge in [0.25, 0.3) is 0 Å². The molecule has 2 aliphatic heterocycles. The quantitative estimate of drug-likeness (QED) is 0.636. The van der Waals surface area contributed by atoms with E-state index in [0.717, 1.165) is 31.7 Å². The molecule has 1 aromatic rings. The van der Waals surface area contributed by atoms with Crippen LogP contribution in [0.2, 0.25) is 0 Å². The Morgan fingerprint density at radius 3 is 2.66 bits per heavy atom. The molecule has 2 heterocycles. The van der Waals surface area contributed by atoms with Crippen LogP contribution in [0.15, 0.2) is 18.2 Å². The molecule has 0 bridgehead atoms. The molecule has 1 unspecified atom stereocenters. The number of ether oxygens (including phenoxy) is 3. The van der Waals surface area contributed by atoms with Crippen LogP contribution in [0.5, 0.6) is 11.5 Å². The first-order valence-corrected chi connectivity index (χ1v) is 12.0. The van der Waals surface area contributed by atoms with Crippen molar-refractivity contribution in [2.45, 2.75) is 19.1 Å². The van der Waals surface area contributed by atoms with Crippen LogP contribution in [-0.2, 0) is 21.1 Å². The molecule has 2 saturated heterocycles. The van der Waals surface area contributed by atoms with Crippen LogP contribution in [-0.4, -0.2) is 101 Å².